The number of anilines is 1. The van der Waals surface area contributed by atoms with Gasteiger partial charge in [0.25, 0.3) is 5.91 Å². The van der Waals surface area contributed by atoms with E-state index in [0.717, 1.165) is 30.8 Å². The highest BCUT2D eigenvalue weighted by atomic mass is 16.2. The molecule has 4 heteroatoms. The number of carbonyl (C=O) groups is 1. The van der Waals surface area contributed by atoms with Gasteiger partial charge in [0.15, 0.2) is 0 Å². The summed E-state index contributed by atoms with van der Waals surface area (Å²) in [6.07, 6.45) is 6.46. The standard InChI is InChI=1S/C16H25N3O/c1-12(2)11-19(14-6-4-5-7-14)16(20)13-8-9-18-15(10-13)17-3/h8-10,12,14H,4-7,11H2,1-3H3,(H,17,18). The Balaban J connectivity index is 2.20. The van der Waals surface area contributed by atoms with Crippen molar-refractivity contribution in [1.29, 1.82) is 0 Å². The quantitative estimate of drug-likeness (QED) is 0.897. The van der Waals surface area contributed by atoms with E-state index in [2.05, 4.69) is 29.0 Å². The number of hydrogen-bond donors (Lipinski definition) is 1. The zero-order valence-electron chi connectivity index (χ0n) is 12.7. The van der Waals surface area contributed by atoms with E-state index in [0.29, 0.717) is 12.0 Å². The minimum Gasteiger partial charge on any atom is -0.373 e. The normalized spacial score (nSPS) is 15.6. The number of carbonyl (C=O) groups excluding carboxylic acids is 1. The van der Waals surface area contributed by atoms with E-state index in [1.807, 2.05) is 19.2 Å². The highest BCUT2D eigenvalue weighted by Gasteiger charge is 2.27. The Morgan fingerprint density at radius 1 is 1.45 bits per heavy atom. The van der Waals surface area contributed by atoms with Gasteiger partial charge in [0.05, 0.1) is 0 Å². The maximum Gasteiger partial charge on any atom is 0.254 e. The van der Waals surface area contributed by atoms with Crippen molar-refractivity contribution in [2.24, 2.45) is 5.92 Å². The van der Waals surface area contributed by atoms with Gasteiger partial charge < -0.3 is 10.2 Å². The molecule has 0 saturated heterocycles. The van der Waals surface area contributed by atoms with Crippen LogP contribution in [0.2, 0.25) is 0 Å². The molecule has 2 rings (SSSR count). The smallest absolute Gasteiger partial charge is 0.254 e. The fourth-order valence-electron chi connectivity index (χ4n) is 2.87. The fourth-order valence-corrected chi connectivity index (χ4v) is 2.87. The minimum absolute atomic E-state index is 0.143. The van der Waals surface area contributed by atoms with Crippen LogP contribution in [0.15, 0.2) is 18.3 Å². The summed E-state index contributed by atoms with van der Waals surface area (Å²) in [5, 5.41) is 2.99. The van der Waals surface area contributed by atoms with Crippen molar-refractivity contribution in [2.45, 2.75) is 45.6 Å². The van der Waals surface area contributed by atoms with E-state index in [4.69, 9.17) is 0 Å². The molecule has 1 aliphatic carbocycles. The topological polar surface area (TPSA) is 45.2 Å². The molecule has 1 heterocycles. The zero-order chi connectivity index (χ0) is 14.5. The average molecular weight is 275 g/mol. The molecule has 110 valence electrons. The average Bonchev–Trinajstić information content (AvgIpc) is 2.98. The van der Waals surface area contributed by atoms with E-state index in [1.54, 1.807) is 6.20 Å². The third kappa shape index (κ3) is 3.50. The SMILES string of the molecule is CNc1cc(C(=O)N(CC(C)C)C2CCCC2)ccn1. The molecule has 0 radical (unpaired) electrons. The van der Waals surface area contributed by atoms with E-state index in [9.17, 15) is 4.79 Å². The maximum atomic E-state index is 12.8. The summed E-state index contributed by atoms with van der Waals surface area (Å²) in [5.41, 5.74) is 0.733. The molecule has 0 atom stereocenters. The van der Waals surface area contributed by atoms with Crippen LogP contribution in [0.5, 0.6) is 0 Å². The van der Waals surface area contributed by atoms with Crippen LogP contribution in [0.25, 0.3) is 0 Å². The summed E-state index contributed by atoms with van der Waals surface area (Å²) >= 11 is 0. The summed E-state index contributed by atoms with van der Waals surface area (Å²) in [6, 6.07) is 4.06. The van der Waals surface area contributed by atoms with Gasteiger partial charge in [-0.3, -0.25) is 4.79 Å². The Labute approximate surface area is 121 Å². The van der Waals surface area contributed by atoms with Crippen molar-refractivity contribution >= 4 is 11.7 Å². The summed E-state index contributed by atoms with van der Waals surface area (Å²) < 4.78 is 0. The van der Waals surface area contributed by atoms with Crippen LogP contribution in [0.3, 0.4) is 0 Å². The number of nitrogens with zero attached hydrogens (tertiary/aromatic N) is 2. The second kappa shape index (κ2) is 6.73. The summed E-state index contributed by atoms with van der Waals surface area (Å²) in [7, 11) is 1.82. The van der Waals surface area contributed by atoms with Gasteiger partial charge in [0, 0.05) is 31.4 Å². The van der Waals surface area contributed by atoms with Gasteiger partial charge in [-0.15, -0.1) is 0 Å². The Morgan fingerprint density at radius 3 is 2.75 bits per heavy atom. The number of hydrogen-bond acceptors (Lipinski definition) is 3. The van der Waals surface area contributed by atoms with Crippen molar-refractivity contribution < 1.29 is 4.79 Å². The second-order valence-electron chi connectivity index (χ2n) is 5.97. The van der Waals surface area contributed by atoms with Gasteiger partial charge in [-0.25, -0.2) is 4.98 Å². The minimum atomic E-state index is 0.143. The molecule has 0 spiro atoms. The molecule has 1 N–H and O–H groups in total. The first-order chi connectivity index (χ1) is 9.61. The predicted octanol–water partition coefficient (Wildman–Crippen LogP) is 3.16. The highest BCUT2D eigenvalue weighted by molar-refractivity contribution is 5.95. The van der Waals surface area contributed by atoms with Gasteiger partial charge in [0.1, 0.15) is 5.82 Å². The molecular formula is C16H25N3O. The molecule has 0 bridgehead atoms. The van der Waals surface area contributed by atoms with E-state index < -0.39 is 0 Å². The number of amides is 1. The highest BCUT2D eigenvalue weighted by Crippen LogP contribution is 2.26. The lowest BCUT2D eigenvalue weighted by Gasteiger charge is -2.30. The van der Waals surface area contributed by atoms with Crippen LogP contribution in [0.1, 0.15) is 49.9 Å². The fraction of sp³-hybridized carbons (Fsp3) is 0.625. The Bertz CT molecular complexity index is 453. The number of pyridine rings is 1. The Kier molecular flexibility index (Phi) is 4.99. The lowest BCUT2D eigenvalue weighted by Crippen LogP contribution is -2.41. The van der Waals surface area contributed by atoms with E-state index in [-0.39, 0.29) is 5.91 Å². The first-order valence-corrected chi connectivity index (χ1v) is 7.56. The van der Waals surface area contributed by atoms with E-state index in [1.165, 1.54) is 12.8 Å². The number of aromatic nitrogens is 1. The molecule has 0 aromatic carbocycles. The molecular weight excluding hydrogens is 250 g/mol. The van der Waals surface area contributed by atoms with Gasteiger partial charge in [-0.05, 0) is 30.9 Å². The monoisotopic (exact) mass is 275 g/mol. The van der Waals surface area contributed by atoms with Gasteiger partial charge in [-0.2, -0.15) is 0 Å². The molecule has 1 fully saturated rings. The van der Waals surface area contributed by atoms with Gasteiger partial charge >= 0.3 is 0 Å². The van der Waals surface area contributed by atoms with Gasteiger partial charge in [0.2, 0.25) is 0 Å². The molecule has 1 saturated carbocycles. The maximum absolute atomic E-state index is 12.8. The van der Waals surface area contributed by atoms with Crippen molar-refractivity contribution in [3.8, 4) is 0 Å². The largest absolute Gasteiger partial charge is 0.373 e. The van der Waals surface area contributed by atoms with Crippen LogP contribution < -0.4 is 5.32 Å². The number of rotatable bonds is 5. The molecule has 0 unspecified atom stereocenters. The third-order valence-electron chi connectivity index (χ3n) is 3.85. The van der Waals surface area contributed by atoms with Crippen molar-refractivity contribution in [3.63, 3.8) is 0 Å². The Hall–Kier alpha value is -1.58. The van der Waals surface area contributed by atoms with Crippen molar-refractivity contribution in [2.75, 3.05) is 18.9 Å². The lowest BCUT2D eigenvalue weighted by atomic mass is 10.1. The molecule has 1 amide bonds. The third-order valence-corrected chi connectivity index (χ3v) is 3.85. The molecule has 0 aliphatic heterocycles. The Morgan fingerprint density at radius 2 is 2.15 bits per heavy atom. The first kappa shape index (κ1) is 14.8. The van der Waals surface area contributed by atoms with Gasteiger partial charge in [-0.1, -0.05) is 26.7 Å². The van der Waals surface area contributed by atoms with Crippen LogP contribution in [0, 0.1) is 5.92 Å². The van der Waals surface area contributed by atoms with Crippen LogP contribution >= 0.6 is 0 Å². The molecule has 1 aromatic rings. The second-order valence-corrected chi connectivity index (χ2v) is 5.97. The van der Waals surface area contributed by atoms with Crippen molar-refractivity contribution in [1.82, 2.24) is 9.88 Å². The molecule has 20 heavy (non-hydrogen) atoms. The van der Waals surface area contributed by atoms with Crippen molar-refractivity contribution in [3.05, 3.63) is 23.9 Å². The molecule has 4 nitrogen and oxygen atoms in total. The van der Waals surface area contributed by atoms with E-state index >= 15 is 0 Å². The zero-order valence-corrected chi connectivity index (χ0v) is 12.7. The molecule has 1 aromatic heterocycles. The summed E-state index contributed by atoms with van der Waals surface area (Å²) in [4.78, 5) is 19.1. The lowest BCUT2D eigenvalue weighted by molar-refractivity contribution is 0.0655. The summed E-state index contributed by atoms with van der Waals surface area (Å²) in [5.74, 6) is 1.38. The summed E-state index contributed by atoms with van der Waals surface area (Å²) in [6.45, 7) is 5.17. The molecule has 1 aliphatic rings. The first-order valence-electron chi connectivity index (χ1n) is 7.56. The van der Waals surface area contributed by atoms with Crippen LogP contribution in [-0.2, 0) is 0 Å². The predicted molar refractivity (Wildman–Crippen MR) is 81.9 cm³/mol. The van der Waals surface area contributed by atoms with Crippen LogP contribution in [-0.4, -0.2) is 35.4 Å². The van der Waals surface area contributed by atoms with Crippen LogP contribution in [0.4, 0.5) is 5.82 Å². The number of nitrogens with one attached hydrogen (secondary N) is 1.